The monoisotopic (exact) mass is 150 g/mol. The summed E-state index contributed by atoms with van der Waals surface area (Å²) in [6.07, 6.45) is 13.0. The van der Waals surface area contributed by atoms with Gasteiger partial charge in [0.25, 0.3) is 0 Å². The van der Waals surface area contributed by atoms with Crippen molar-refractivity contribution in [3.8, 4) is 0 Å². The minimum absolute atomic E-state index is 0.388. The summed E-state index contributed by atoms with van der Waals surface area (Å²) in [5, 5.41) is 0. The quantitative estimate of drug-likeness (QED) is 0.550. The van der Waals surface area contributed by atoms with Gasteiger partial charge in [-0.3, -0.25) is 0 Å². The summed E-state index contributed by atoms with van der Waals surface area (Å²) in [5.41, 5.74) is 0. The van der Waals surface area contributed by atoms with Crippen LogP contribution >= 0.6 is 0 Å². The van der Waals surface area contributed by atoms with Gasteiger partial charge in [0.2, 0.25) is 0 Å². The van der Waals surface area contributed by atoms with E-state index in [4.69, 9.17) is 4.74 Å². The van der Waals surface area contributed by atoms with Crippen molar-refractivity contribution in [3.63, 3.8) is 0 Å². The summed E-state index contributed by atoms with van der Waals surface area (Å²) in [4.78, 5) is 0. The lowest BCUT2D eigenvalue weighted by Gasteiger charge is -2.11. The summed E-state index contributed by atoms with van der Waals surface area (Å²) >= 11 is 0. The molecule has 0 saturated carbocycles. The normalized spacial score (nSPS) is 29.1. The molecule has 1 nitrogen and oxygen atoms in total. The number of allylic oxidation sites excluding steroid dienone is 3. The van der Waals surface area contributed by atoms with Crippen molar-refractivity contribution in [2.75, 3.05) is 0 Å². The molecule has 2 rings (SSSR count). The highest BCUT2D eigenvalue weighted by Crippen LogP contribution is 2.23. The molecule has 1 atom stereocenters. The predicted octanol–water partition coefficient (Wildman–Crippen LogP) is 2.79. The van der Waals surface area contributed by atoms with Crippen LogP contribution in [0.1, 0.15) is 32.1 Å². The summed E-state index contributed by atoms with van der Waals surface area (Å²) in [7, 11) is 0. The van der Waals surface area contributed by atoms with E-state index in [9.17, 15) is 0 Å². The van der Waals surface area contributed by atoms with Gasteiger partial charge in [0, 0.05) is 6.42 Å². The van der Waals surface area contributed by atoms with Crippen LogP contribution in [-0.4, -0.2) is 6.10 Å². The van der Waals surface area contributed by atoms with Gasteiger partial charge in [-0.1, -0.05) is 6.08 Å². The summed E-state index contributed by atoms with van der Waals surface area (Å²) in [5.74, 6) is 1.22. The maximum Gasteiger partial charge on any atom is 0.117 e. The Morgan fingerprint density at radius 3 is 3.00 bits per heavy atom. The standard InChI is InChI=1S/C10H14O/c1-2-6-9(5-1)11-10-7-3-4-8-10/h1,5,7,9H,2-4,6,8H2. The van der Waals surface area contributed by atoms with Gasteiger partial charge in [-0.25, -0.2) is 0 Å². The molecule has 0 aromatic heterocycles. The van der Waals surface area contributed by atoms with Gasteiger partial charge in [0.05, 0.1) is 5.76 Å². The molecule has 0 N–H and O–H groups in total. The Labute approximate surface area is 67.7 Å². The molecule has 0 bridgehead atoms. The van der Waals surface area contributed by atoms with E-state index in [1.54, 1.807) is 0 Å². The smallest absolute Gasteiger partial charge is 0.117 e. The molecule has 0 aromatic carbocycles. The second kappa shape index (κ2) is 3.12. The molecular formula is C10H14O. The lowest BCUT2D eigenvalue weighted by molar-refractivity contribution is 0.149. The fourth-order valence-corrected chi connectivity index (χ4v) is 1.65. The van der Waals surface area contributed by atoms with Crippen LogP contribution in [0.25, 0.3) is 0 Å². The average Bonchev–Trinajstić information content (AvgIpc) is 2.60. The first-order valence-electron chi connectivity index (χ1n) is 4.47. The molecule has 0 heterocycles. The summed E-state index contributed by atoms with van der Waals surface area (Å²) < 4.78 is 5.75. The fraction of sp³-hybridized carbons (Fsp3) is 0.600. The first kappa shape index (κ1) is 6.96. The average molecular weight is 150 g/mol. The largest absolute Gasteiger partial charge is 0.491 e. The van der Waals surface area contributed by atoms with Crippen LogP contribution in [0.4, 0.5) is 0 Å². The van der Waals surface area contributed by atoms with E-state index in [2.05, 4.69) is 18.2 Å². The first-order chi connectivity index (χ1) is 5.45. The highest BCUT2D eigenvalue weighted by molar-refractivity contribution is 5.04. The third-order valence-corrected chi connectivity index (χ3v) is 2.27. The third kappa shape index (κ3) is 1.65. The van der Waals surface area contributed by atoms with E-state index in [0.29, 0.717) is 6.10 Å². The molecule has 1 unspecified atom stereocenters. The maximum atomic E-state index is 5.75. The molecule has 0 aliphatic heterocycles. The Morgan fingerprint density at radius 1 is 1.36 bits per heavy atom. The Kier molecular flexibility index (Phi) is 1.97. The lowest BCUT2D eigenvalue weighted by atomic mass is 10.3. The van der Waals surface area contributed by atoms with Crippen LogP contribution in [0.2, 0.25) is 0 Å². The van der Waals surface area contributed by atoms with Crippen LogP contribution < -0.4 is 0 Å². The second-order valence-corrected chi connectivity index (χ2v) is 3.22. The molecule has 0 saturated heterocycles. The third-order valence-electron chi connectivity index (χ3n) is 2.27. The molecule has 2 aliphatic carbocycles. The molecule has 1 heteroatoms. The van der Waals surface area contributed by atoms with Crippen LogP contribution in [0, 0.1) is 0 Å². The Bertz CT molecular complexity index is 191. The van der Waals surface area contributed by atoms with Crippen LogP contribution in [0.3, 0.4) is 0 Å². The van der Waals surface area contributed by atoms with E-state index in [0.717, 1.165) is 6.42 Å². The van der Waals surface area contributed by atoms with Gasteiger partial charge in [0.15, 0.2) is 0 Å². The maximum absolute atomic E-state index is 5.75. The predicted molar refractivity (Wildman–Crippen MR) is 45.2 cm³/mol. The van der Waals surface area contributed by atoms with Gasteiger partial charge >= 0.3 is 0 Å². The van der Waals surface area contributed by atoms with Crippen LogP contribution in [0.15, 0.2) is 24.0 Å². The van der Waals surface area contributed by atoms with Gasteiger partial charge in [-0.15, -0.1) is 0 Å². The van der Waals surface area contributed by atoms with Gasteiger partial charge < -0.3 is 4.74 Å². The van der Waals surface area contributed by atoms with E-state index < -0.39 is 0 Å². The number of hydrogen-bond acceptors (Lipinski definition) is 1. The fourth-order valence-electron chi connectivity index (χ4n) is 1.65. The Hall–Kier alpha value is -0.720. The first-order valence-corrected chi connectivity index (χ1v) is 4.47. The van der Waals surface area contributed by atoms with Crippen molar-refractivity contribution < 1.29 is 4.74 Å². The molecule has 11 heavy (non-hydrogen) atoms. The summed E-state index contributed by atoms with van der Waals surface area (Å²) in [6, 6.07) is 0. The number of rotatable bonds is 2. The van der Waals surface area contributed by atoms with E-state index >= 15 is 0 Å². The van der Waals surface area contributed by atoms with E-state index in [1.807, 2.05) is 0 Å². The molecule has 0 amide bonds. The van der Waals surface area contributed by atoms with Crippen molar-refractivity contribution in [1.29, 1.82) is 0 Å². The number of hydrogen-bond donors (Lipinski definition) is 0. The SMILES string of the molecule is C1=CC(OC2=CCCC2)CC1. The van der Waals surface area contributed by atoms with Crippen molar-refractivity contribution >= 4 is 0 Å². The molecule has 0 fully saturated rings. The zero-order chi connectivity index (χ0) is 7.52. The molecular weight excluding hydrogens is 136 g/mol. The van der Waals surface area contributed by atoms with E-state index in [-0.39, 0.29) is 0 Å². The molecule has 0 radical (unpaired) electrons. The lowest BCUT2D eigenvalue weighted by Crippen LogP contribution is -2.04. The van der Waals surface area contributed by atoms with E-state index in [1.165, 1.54) is 31.4 Å². The molecule has 2 aliphatic rings. The van der Waals surface area contributed by atoms with Crippen LogP contribution in [-0.2, 0) is 4.74 Å². The summed E-state index contributed by atoms with van der Waals surface area (Å²) in [6.45, 7) is 0. The minimum atomic E-state index is 0.388. The Morgan fingerprint density at radius 2 is 2.36 bits per heavy atom. The van der Waals surface area contributed by atoms with Crippen molar-refractivity contribution in [2.24, 2.45) is 0 Å². The van der Waals surface area contributed by atoms with Gasteiger partial charge in [0.1, 0.15) is 6.10 Å². The van der Waals surface area contributed by atoms with Crippen molar-refractivity contribution in [1.82, 2.24) is 0 Å². The number of ether oxygens (including phenoxy) is 1. The molecule has 0 spiro atoms. The van der Waals surface area contributed by atoms with Crippen molar-refractivity contribution in [2.45, 2.75) is 38.2 Å². The second-order valence-electron chi connectivity index (χ2n) is 3.22. The highest BCUT2D eigenvalue weighted by atomic mass is 16.5. The van der Waals surface area contributed by atoms with Gasteiger partial charge in [-0.2, -0.15) is 0 Å². The van der Waals surface area contributed by atoms with Gasteiger partial charge in [-0.05, 0) is 37.8 Å². The molecule has 0 aromatic rings. The minimum Gasteiger partial charge on any atom is -0.491 e. The van der Waals surface area contributed by atoms with Crippen LogP contribution in [0.5, 0.6) is 0 Å². The zero-order valence-electron chi connectivity index (χ0n) is 6.75. The highest BCUT2D eigenvalue weighted by Gasteiger charge is 2.13. The zero-order valence-corrected chi connectivity index (χ0v) is 6.75. The topological polar surface area (TPSA) is 9.23 Å². The van der Waals surface area contributed by atoms with Crippen molar-refractivity contribution in [3.05, 3.63) is 24.0 Å². The Balaban J connectivity index is 1.84. The molecule has 60 valence electrons.